The molecule has 0 saturated carbocycles. The van der Waals surface area contributed by atoms with Gasteiger partial charge >= 0.3 is 0 Å². The SMILES string of the molecule is Cc1cccnc1[C@H](C)NC(=O)C1(Oc2ccc(Cl)cc2)CCNCC1. The molecule has 0 spiro atoms. The van der Waals surface area contributed by atoms with Crippen LogP contribution in [-0.2, 0) is 4.79 Å². The van der Waals surface area contributed by atoms with Gasteiger partial charge in [-0.05, 0) is 62.8 Å². The molecule has 5 nitrogen and oxygen atoms in total. The van der Waals surface area contributed by atoms with Crippen LogP contribution in [0.2, 0.25) is 5.02 Å². The summed E-state index contributed by atoms with van der Waals surface area (Å²) in [4.78, 5) is 17.6. The van der Waals surface area contributed by atoms with E-state index in [1.807, 2.05) is 26.0 Å². The Hall–Kier alpha value is -2.11. The Morgan fingerprint density at radius 3 is 2.62 bits per heavy atom. The summed E-state index contributed by atoms with van der Waals surface area (Å²) in [5, 5.41) is 7.03. The second-order valence-corrected chi connectivity index (χ2v) is 7.14. The molecule has 1 amide bonds. The van der Waals surface area contributed by atoms with E-state index in [-0.39, 0.29) is 11.9 Å². The lowest BCUT2D eigenvalue weighted by molar-refractivity contribution is -0.140. The molecule has 1 saturated heterocycles. The molecule has 2 N–H and O–H groups in total. The molecule has 6 heteroatoms. The highest BCUT2D eigenvalue weighted by Crippen LogP contribution is 2.29. The molecule has 138 valence electrons. The number of nitrogens with zero attached hydrogens (tertiary/aromatic N) is 1. The first-order valence-electron chi connectivity index (χ1n) is 8.88. The van der Waals surface area contributed by atoms with Crippen molar-refractivity contribution in [2.45, 2.75) is 38.3 Å². The number of aromatic nitrogens is 1. The molecule has 1 aromatic heterocycles. The molecule has 26 heavy (non-hydrogen) atoms. The number of nitrogens with one attached hydrogen (secondary N) is 2. The zero-order valence-corrected chi connectivity index (χ0v) is 15.8. The van der Waals surface area contributed by atoms with Crippen molar-refractivity contribution in [3.8, 4) is 5.75 Å². The third-order valence-corrected chi connectivity index (χ3v) is 5.01. The second kappa shape index (κ2) is 8.06. The Morgan fingerprint density at radius 1 is 1.27 bits per heavy atom. The van der Waals surface area contributed by atoms with Gasteiger partial charge in [-0.3, -0.25) is 9.78 Å². The van der Waals surface area contributed by atoms with Crippen LogP contribution in [0, 0.1) is 6.92 Å². The summed E-state index contributed by atoms with van der Waals surface area (Å²) in [6, 6.07) is 10.8. The van der Waals surface area contributed by atoms with Crippen molar-refractivity contribution >= 4 is 17.5 Å². The lowest BCUT2D eigenvalue weighted by atomic mass is 9.90. The molecular formula is C20H24ClN3O2. The highest BCUT2D eigenvalue weighted by atomic mass is 35.5. The van der Waals surface area contributed by atoms with Gasteiger partial charge in [0.25, 0.3) is 5.91 Å². The summed E-state index contributed by atoms with van der Waals surface area (Å²) in [6.07, 6.45) is 2.96. The number of benzene rings is 1. The maximum atomic E-state index is 13.2. The average molecular weight is 374 g/mol. The molecule has 1 fully saturated rings. The standard InChI is InChI=1S/C20H24ClN3O2/c1-14-4-3-11-23-18(14)15(2)24-19(25)20(9-12-22-13-10-20)26-17-7-5-16(21)6-8-17/h3-8,11,15,22H,9-10,12-13H2,1-2H3,(H,24,25)/t15-/m0/s1. The third-order valence-electron chi connectivity index (χ3n) is 4.76. The number of carbonyl (C=O) groups excluding carboxylic acids is 1. The Kier molecular flexibility index (Phi) is 5.79. The van der Waals surface area contributed by atoms with Crippen LogP contribution in [0.15, 0.2) is 42.6 Å². The minimum atomic E-state index is -0.893. The second-order valence-electron chi connectivity index (χ2n) is 6.70. The normalized spacial score (nSPS) is 17.3. The van der Waals surface area contributed by atoms with Gasteiger partial charge in [-0.15, -0.1) is 0 Å². The third kappa shape index (κ3) is 4.17. The van der Waals surface area contributed by atoms with Gasteiger partial charge in [0.05, 0.1) is 11.7 Å². The van der Waals surface area contributed by atoms with Crippen molar-refractivity contribution in [2.24, 2.45) is 0 Å². The number of amides is 1. The highest BCUT2D eigenvalue weighted by molar-refractivity contribution is 6.30. The Balaban J connectivity index is 1.79. The van der Waals surface area contributed by atoms with Crippen LogP contribution in [0.25, 0.3) is 0 Å². The number of pyridine rings is 1. The van der Waals surface area contributed by atoms with E-state index in [9.17, 15) is 4.79 Å². The number of hydrogen-bond acceptors (Lipinski definition) is 4. The van der Waals surface area contributed by atoms with Gasteiger partial charge in [0.15, 0.2) is 5.60 Å². The maximum Gasteiger partial charge on any atom is 0.264 e. The first-order chi connectivity index (χ1) is 12.5. The van der Waals surface area contributed by atoms with Crippen LogP contribution in [0.5, 0.6) is 5.75 Å². The lowest BCUT2D eigenvalue weighted by Crippen LogP contribution is -2.57. The summed E-state index contributed by atoms with van der Waals surface area (Å²) >= 11 is 5.95. The number of rotatable bonds is 5. The molecule has 1 aliphatic heterocycles. The Labute approximate surface area is 159 Å². The monoisotopic (exact) mass is 373 g/mol. The average Bonchev–Trinajstić information content (AvgIpc) is 2.64. The van der Waals surface area contributed by atoms with Crippen LogP contribution in [0.3, 0.4) is 0 Å². The van der Waals surface area contributed by atoms with Gasteiger partial charge in [-0.2, -0.15) is 0 Å². The van der Waals surface area contributed by atoms with Gasteiger partial charge in [-0.25, -0.2) is 0 Å². The van der Waals surface area contributed by atoms with E-state index in [0.29, 0.717) is 23.6 Å². The molecule has 1 atom stereocenters. The van der Waals surface area contributed by atoms with E-state index in [2.05, 4.69) is 15.6 Å². The molecule has 0 unspecified atom stereocenters. The van der Waals surface area contributed by atoms with Gasteiger partial charge in [0, 0.05) is 24.1 Å². The van der Waals surface area contributed by atoms with Gasteiger partial charge < -0.3 is 15.4 Å². The molecule has 0 aliphatic carbocycles. The van der Waals surface area contributed by atoms with E-state index in [1.54, 1.807) is 30.5 Å². The van der Waals surface area contributed by atoms with Gasteiger partial charge in [0.2, 0.25) is 0 Å². The summed E-state index contributed by atoms with van der Waals surface area (Å²) < 4.78 is 6.20. The number of aryl methyl sites for hydroxylation is 1. The fraction of sp³-hybridized carbons (Fsp3) is 0.400. The van der Waals surface area contributed by atoms with Crippen molar-refractivity contribution < 1.29 is 9.53 Å². The number of hydrogen-bond donors (Lipinski definition) is 2. The minimum absolute atomic E-state index is 0.105. The fourth-order valence-electron chi connectivity index (χ4n) is 3.28. The quantitative estimate of drug-likeness (QED) is 0.842. The highest BCUT2D eigenvalue weighted by Gasteiger charge is 2.42. The predicted molar refractivity (Wildman–Crippen MR) is 102 cm³/mol. The number of carbonyl (C=O) groups is 1. The van der Waals surface area contributed by atoms with Crippen molar-refractivity contribution in [1.29, 1.82) is 0 Å². The molecule has 2 heterocycles. The molecule has 1 aliphatic rings. The first-order valence-corrected chi connectivity index (χ1v) is 9.26. The topological polar surface area (TPSA) is 63.2 Å². The van der Waals surface area contributed by atoms with Gasteiger partial charge in [0.1, 0.15) is 5.75 Å². The largest absolute Gasteiger partial charge is 0.477 e. The molecule has 2 aromatic rings. The molecular weight excluding hydrogens is 350 g/mol. The van der Waals surface area contributed by atoms with Crippen molar-refractivity contribution in [3.05, 3.63) is 58.9 Å². The lowest BCUT2D eigenvalue weighted by Gasteiger charge is -2.37. The van der Waals surface area contributed by atoms with E-state index in [0.717, 1.165) is 24.3 Å². The zero-order valence-electron chi connectivity index (χ0n) is 15.1. The van der Waals surface area contributed by atoms with E-state index < -0.39 is 5.60 Å². The number of ether oxygens (including phenoxy) is 1. The summed E-state index contributed by atoms with van der Waals surface area (Å²) in [5.74, 6) is 0.541. The maximum absolute atomic E-state index is 13.2. The molecule has 1 aromatic carbocycles. The van der Waals surface area contributed by atoms with Gasteiger partial charge in [-0.1, -0.05) is 17.7 Å². The van der Waals surface area contributed by atoms with E-state index in [1.165, 1.54) is 0 Å². The summed E-state index contributed by atoms with van der Waals surface area (Å²) in [7, 11) is 0. The van der Waals surface area contributed by atoms with E-state index in [4.69, 9.17) is 16.3 Å². The number of halogens is 1. The van der Waals surface area contributed by atoms with Crippen LogP contribution in [0.4, 0.5) is 0 Å². The van der Waals surface area contributed by atoms with Crippen LogP contribution in [0.1, 0.15) is 37.1 Å². The van der Waals surface area contributed by atoms with E-state index >= 15 is 0 Å². The summed E-state index contributed by atoms with van der Waals surface area (Å²) in [5.41, 5.74) is 1.03. The van der Waals surface area contributed by atoms with Crippen molar-refractivity contribution in [1.82, 2.24) is 15.6 Å². The zero-order chi connectivity index (χ0) is 18.6. The summed E-state index contributed by atoms with van der Waals surface area (Å²) in [6.45, 7) is 5.41. The Bertz CT molecular complexity index is 758. The van der Waals surface area contributed by atoms with Crippen molar-refractivity contribution in [3.63, 3.8) is 0 Å². The molecule has 3 rings (SSSR count). The van der Waals surface area contributed by atoms with Crippen LogP contribution < -0.4 is 15.4 Å². The fourth-order valence-corrected chi connectivity index (χ4v) is 3.41. The smallest absolute Gasteiger partial charge is 0.264 e. The molecule has 0 radical (unpaired) electrons. The van der Waals surface area contributed by atoms with Crippen LogP contribution in [-0.4, -0.2) is 29.6 Å². The molecule has 0 bridgehead atoms. The Morgan fingerprint density at radius 2 is 1.96 bits per heavy atom. The minimum Gasteiger partial charge on any atom is -0.477 e. The number of piperidine rings is 1. The van der Waals surface area contributed by atoms with Crippen LogP contribution >= 0.6 is 11.6 Å². The van der Waals surface area contributed by atoms with Crippen molar-refractivity contribution in [2.75, 3.05) is 13.1 Å². The predicted octanol–water partition coefficient (Wildman–Crippen LogP) is 3.42. The first kappa shape index (κ1) is 18.7.